The molecule has 8 heteroatoms. The lowest BCUT2D eigenvalue weighted by molar-refractivity contribution is -0.122. The Morgan fingerprint density at radius 1 is 0.895 bits per heavy atom. The number of carbonyl (C=O) groups excluding carboxylic acids is 3. The van der Waals surface area contributed by atoms with E-state index in [1.807, 2.05) is 31.2 Å². The number of benzene rings is 3. The van der Waals surface area contributed by atoms with E-state index in [2.05, 4.69) is 15.6 Å². The summed E-state index contributed by atoms with van der Waals surface area (Å²) in [6, 6.07) is 16.1. The van der Waals surface area contributed by atoms with Gasteiger partial charge in [-0.25, -0.2) is 8.78 Å². The van der Waals surface area contributed by atoms with E-state index in [9.17, 15) is 23.2 Å². The van der Waals surface area contributed by atoms with Gasteiger partial charge in [0, 0.05) is 60.6 Å². The van der Waals surface area contributed by atoms with Gasteiger partial charge in [-0.2, -0.15) is 0 Å². The number of nitrogens with one attached hydrogen (secondary N) is 2. The molecule has 0 fully saturated rings. The highest BCUT2D eigenvalue weighted by Gasteiger charge is 2.26. The van der Waals surface area contributed by atoms with Crippen molar-refractivity contribution in [2.24, 2.45) is 10.9 Å². The van der Waals surface area contributed by atoms with Crippen LogP contribution in [0.1, 0.15) is 54.1 Å². The van der Waals surface area contributed by atoms with Gasteiger partial charge in [-0.15, -0.1) is 0 Å². The molecule has 0 aliphatic heterocycles. The molecule has 4 rings (SSSR count). The SMILES string of the molecule is CN=C(CC(C)CC(=O)NCCCC(=O)Nc1ccc2c(c1)C(=O)c1ccccc1-2)c1ccc(F)cc1F. The van der Waals surface area contributed by atoms with Crippen molar-refractivity contribution in [2.45, 2.75) is 32.6 Å². The molecule has 3 aromatic rings. The van der Waals surface area contributed by atoms with Crippen LogP contribution in [-0.4, -0.2) is 36.9 Å². The lowest BCUT2D eigenvalue weighted by Crippen LogP contribution is -2.27. The van der Waals surface area contributed by atoms with E-state index in [0.29, 0.717) is 41.9 Å². The van der Waals surface area contributed by atoms with Crippen LogP contribution in [0, 0.1) is 17.6 Å². The van der Waals surface area contributed by atoms with Crippen LogP contribution < -0.4 is 10.6 Å². The molecule has 0 radical (unpaired) electrons. The molecule has 38 heavy (non-hydrogen) atoms. The number of nitrogens with zero attached hydrogens (tertiary/aromatic N) is 1. The van der Waals surface area contributed by atoms with Crippen LogP contribution in [0.15, 0.2) is 65.7 Å². The maximum absolute atomic E-state index is 14.1. The van der Waals surface area contributed by atoms with E-state index in [4.69, 9.17) is 0 Å². The van der Waals surface area contributed by atoms with Crippen LogP contribution >= 0.6 is 0 Å². The molecule has 1 atom stereocenters. The zero-order valence-corrected chi connectivity index (χ0v) is 21.3. The molecule has 1 unspecified atom stereocenters. The molecule has 2 amide bonds. The second-order valence-electron chi connectivity index (χ2n) is 9.44. The van der Waals surface area contributed by atoms with Crippen LogP contribution in [0.25, 0.3) is 11.1 Å². The maximum atomic E-state index is 14.1. The van der Waals surface area contributed by atoms with Gasteiger partial charge >= 0.3 is 0 Å². The highest BCUT2D eigenvalue weighted by molar-refractivity contribution is 6.22. The van der Waals surface area contributed by atoms with Crippen molar-refractivity contribution in [3.05, 3.63) is 89.0 Å². The quantitative estimate of drug-likeness (QED) is 0.214. The Balaban J connectivity index is 1.19. The first kappa shape index (κ1) is 26.9. The number of rotatable bonds is 10. The topological polar surface area (TPSA) is 87.6 Å². The third-order valence-corrected chi connectivity index (χ3v) is 6.50. The molecule has 0 heterocycles. The van der Waals surface area contributed by atoms with Gasteiger partial charge in [0.2, 0.25) is 11.8 Å². The molecule has 0 bridgehead atoms. The molecular weight excluding hydrogens is 488 g/mol. The Bertz CT molecular complexity index is 1420. The average molecular weight is 518 g/mol. The highest BCUT2D eigenvalue weighted by Crippen LogP contribution is 2.37. The third kappa shape index (κ3) is 6.19. The van der Waals surface area contributed by atoms with Crippen molar-refractivity contribution in [1.29, 1.82) is 0 Å². The Morgan fingerprint density at radius 2 is 1.63 bits per heavy atom. The molecule has 1 aliphatic carbocycles. The molecule has 0 spiro atoms. The van der Waals surface area contributed by atoms with E-state index in [0.717, 1.165) is 17.2 Å². The van der Waals surface area contributed by atoms with Gasteiger partial charge in [0.15, 0.2) is 5.78 Å². The zero-order valence-electron chi connectivity index (χ0n) is 21.3. The number of anilines is 1. The molecular formula is C30H29F2N3O3. The first-order valence-electron chi connectivity index (χ1n) is 12.5. The number of aliphatic imine (C=N–C) groups is 1. The van der Waals surface area contributed by atoms with Gasteiger partial charge < -0.3 is 10.6 Å². The lowest BCUT2D eigenvalue weighted by atomic mass is 9.95. The first-order chi connectivity index (χ1) is 18.3. The predicted molar refractivity (Wildman–Crippen MR) is 143 cm³/mol. The summed E-state index contributed by atoms with van der Waals surface area (Å²) in [5.41, 5.74) is 4.25. The summed E-state index contributed by atoms with van der Waals surface area (Å²) >= 11 is 0. The van der Waals surface area contributed by atoms with Crippen molar-refractivity contribution >= 4 is 29.0 Å². The minimum Gasteiger partial charge on any atom is -0.356 e. The molecule has 0 aromatic heterocycles. The Morgan fingerprint density at radius 3 is 2.37 bits per heavy atom. The Labute approximate surface area is 220 Å². The second-order valence-corrected chi connectivity index (χ2v) is 9.44. The number of amides is 2. The smallest absolute Gasteiger partial charge is 0.224 e. The maximum Gasteiger partial charge on any atom is 0.224 e. The van der Waals surface area contributed by atoms with Crippen molar-refractivity contribution in [2.75, 3.05) is 18.9 Å². The lowest BCUT2D eigenvalue weighted by Gasteiger charge is -2.14. The normalized spacial score (nSPS) is 13.1. The largest absolute Gasteiger partial charge is 0.356 e. The predicted octanol–water partition coefficient (Wildman–Crippen LogP) is 5.55. The van der Waals surface area contributed by atoms with Gasteiger partial charge in [0.05, 0.1) is 0 Å². The van der Waals surface area contributed by atoms with Gasteiger partial charge in [0.1, 0.15) is 11.6 Å². The highest BCUT2D eigenvalue weighted by atomic mass is 19.1. The van der Waals surface area contributed by atoms with Crippen LogP contribution in [0.5, 0.6) is 0 Å². The van der Waals surface area contributed by atoms with Crippen molar-refractivity contribution < 1.29 is 23.2 Å². The Kier molecular flexibility index (Phi) is 8.41. The van der Waals surface area contributed by atoms with Gasteiger partial charge in [-0.3, -0.25) is 19.4 Å². The summed E-state index contributed by atoms with van der Waals surface area (Å²) in [6.07, 6.45) is 1.23. The average Bonchev–Trinajstić information content (AvgIpc) is 3.17. The van der Waals surface area contributed by atoms with Crippen molar-refractivity contribution in [1.82, 2.24) is 5.32 Å². The fourth-order valence-electron chi connectivity index (χ4n) is 4.64. The number of hydrogen-bond donors (Lipinski definition) is 2. The van der Waals surface area contributed by atoms with E-state index < -0.39 is 11.6 Å². The number of fused-ring (bicyclic) bond motifs is 3. The number of carbonyl (C=O) groups is 3. The van der Waals surface area contributed by atoms with Crippen molar-refractivity contribution in [3.63, 3.8) is 0 Å². The van der Waals surface area contributed by atoms with E-state index >= 15 is 0 Å². The van der Waals surface area contributed by atoms with Gasteiger partial charge in [-0.1, -0.05) is 37.3 Å². The number of halogens is 2. The number of hydrogen-bond acceptors (Lipinski definition) is 4. The molecule has 6 nitrogen and oxygen atoms in total. The van der Waals surface area contributed by atoms with E-state index in [-0.39, 0.29) is 41.9 Å². The third-order valence-electron chi connectivity index (χ3n) is 6.50. The van der Waals surface area contributed by atoms with Crippen molar-refractivity contribution in [3.8, 4) is 11.1 Å². The molecule has 196 valence electrons. The van der Waals surface area contributed by atoms with Crippen LogP contribution in [0.2, 0.25) is 0 Å². The summed E-state index contributed by atoms with van der Waals surface area (Å²) in [5, 5.41) is 5.63. The molecule has 2 N–H and O–H groups in total. The van der Waals surface area contributed by atoms with Gasteiger partial charge in [0.25, 0.3) is 0 Å². The summed E-state index contributed by atoms with van der Waals surface area (Å²) in [7, 11) is 1.54. The minimum atomic E-state index is -0.683. The molecule has 1 aliphatic rings. The Hall–Kier alpha value is -4.20. The summed E-state index contributed by atoms with van der Waals surface area (Å²) < 4.78 is 27.3. The molecule has 0 saturated carbocycles. The van der Waals surface area contributed by atoms with Crippen LogP contribution in [0.3, 0.4) is 0 Å². The summed E-state index contributed by atoms with van der Waals surface area (Å²) in [4.78, 5) is 41.5. The van der Waals surface area contributed by atoms with Gasteiger partial charge in [-0.05, 0) is 54.2 Å². The van der Waals surface area contributed by atoms with Crippen LogP contribution in [-0.2, 0) is 9.59 Å². The summed E-state index contributed by atoms with van der Waals surface area (Å²) in [6.45, 7) is 2.19. The monoisotopic (exact) mass is 517 g/mol. The molecule has 0 saturated heterocycles. The first-order valence-corrected chi connectivity index (χ1v) is 12.5. The number of ketones is 1. The van der Waals surface area contributed by atoms with Crippen LogP contribution in [0.4, 0.5) is 14.5 Å². The fraction of sp³-hybridized carbons (Fsp3) is 0.267. The van der Waals surface area contributed by atoms with E-state index in [1.54, 1.807) is 18.2 Å². The fourth-order valence-corrected chi connectivity index (χ4v) is 4.64. The zero-order chi connectivity index (χ0) is 27.2. The molecule has 3 aromatic carbocycles. The second kappa shape index (κ2) is 11.9. The van der Waals surface area contributed by atoms with E-state index in [1.165, 1.54) is 19.2 Å². The minimum absolute atomic E-state index is 0.0521. The standard InChI is InChI=1S/C30H29F2N3O3/c1-18(14-27(33-2)24-11-9-19(31)16-26(24)32)15-29(37)34-13-5-8-28(36)35-20-10-12-22-21-6-3-4-7-23(21)30(38)25(22)17-20/h3-4,6-7,9-12,16-18H,5,8,13-15H2,1-2H3,(H,34,37)(H,35,36). The summed E-state index contributed by atoms with van der Waals surface area (Å²) in [5.74, 6) is -1.89.